The summed E-state index contributed by atoms with van der Waals surface area (Å²) in [4.78, 5) is 2.35. The van der Waals surface area contributed by atoms with E-state index >= 15 is 0 Å². The molecule has 0 fully saturated rings. The number of hydrogen-bond acceptors (Lipinski definition) is 4. The molecular weight excluding hydrogens is 783 g/mol. The van der Waals surface area contributed by atoms with Crippen molar-refractivity contribution in [3.8, 4) is 44.5 Å². The molecule has 0 atom stereocenters. The predicted octanol–water partition coefficient (Wildman–Crippen LogP) is 17.5. The van der Waals surface area contributed by atoms with Crippen molar-refractivity contribution < 1.29 is 13.3 Å². The summed E-state index contributed by atoms with van der Waals surface area (Å²) in [6, 6.07) is 78.9. The van der Waals surface area contributed by atoms with Gasteiger partial charge >= 0.3 is 0 Å². The van der Waals surface area contributed by atoms with Crippen molar-refractivity contribution in [3.63, 3.8) is 0 Å². The third-order valence-electron chi connectivity index (χ3n) is 12.7. The van der Waals surface area contributed by atoms with Crippen LogP contribution in [-0.4, -0.2) is 0 Å². The van der Waals surface area contributed by atoms with Crippen LogP contribution in [-0.2, 0) is 0 Å². The average molecular weight is 820 g/mol. The molecule has 13 rings (SSSR count). The molecule has 0 N–H and O–H groups in total. The van der Waals surface area contributed by atoms with Gasteiger partial charge in [-0.3, -0.25) is 0 Å². The summed E-state index contributed by atoms with van der Waals surface area (Å²) in [6.45, 7) is 0. The van der Waals surface area contributed by atoms with Gasteiger partial charge in [0.25, 0.3) is 0 Å². The molecule has 4 nitrogen and oxygen atoms in total. The molecule has 13 aromatic rings. The Morgan fingerprint density at radius 2 is 0.875 bits per heavy atom. The Balaban J connectivity index is 1.12. The van der Waals surface area contributed by atoms with Crippen molar-refractivity contribution in [2.45, 2.75) is 0 Å². The molecule has 4 heteroatoms. The fourth-order valence-corrected chi connectivity index (χ4v) is 9.70. The second kappa shape index (κ2) is 14.5. The molecule has 0 radical (unpaired) electrons. The molecule has 64 heavy (non-hydrogen) atoms. The van der Waals surface area contributed by atoms with Crippen LogP contribution in [0.25, 0.3) is 110 Å². The lowest BCUT2D eigenvalue weighted by Gasteiger charge is -2.27. The highest BCUT2D eigenvalue weighted by Crippen LogP contribution is 2.50. The van der Waals surface area contributed by atoms with Gasteiger partial charge in [-0.15, -0.1) is 0 Å². The number of furan rings is 3. The minimum Gasteiger partial charge on any atom is -0.456 e. The summed E-state index contributed by atoms with van der Waals surface area (Å²) in [5.41, 5.74) is 16.6. The Morgan fingerprint density at radius 1 is 0.266 bits per heavy atom. The number of anilines is 3. The van der Waals surface area contributed by atoms with Crippen LogP contribution in [0.2, 0.25) is 0 Å². The third-order valence-corrected chi connectivity index (χ3v) is 12.7. The number of nitrogens with zero attached hydrogens (tertiary/aromatic N) is 1. The standard InChI is InChI=1S/C60H37NO3/c1-5-16-38(17-6-1)42-28-30-48-55(35-42)64-60-45(40-20-9-3-10-21-40)31-32-51(58(48)60)61(52-26-15-25-47-46-24-13-14-27-53(46)63-59(47)52)44-29-33-54-50(37-44)57-49(41-22-11-4-12-23-41)34-43(36-56(57)62-54)39-18-7-2-8-19-39/h1-37H. The number of rotatable bonds is 7. The summed E-state index contributed by atoms with van der Waals surface area (Å²) in [7, 11) is 0. The van der Waals surface area contributed by atoms with E-state index in [0.29, 0.717) is 0 Å². The van der Waals surface area contributed by atoms with Crippen LogP contribution >= 0.6 is 0 Å². The van der Waals surface area contributed by atoms with Crippen molar-refractivity contribution in [2.75, 3.05) is 4.90 Å². The van der Waals surface area contributed by atoms with Gasteiger partial charge in [-0.2, -0.15) is 0 Å². The summed E-state index contributed by atoms with van der Waals surface area (Å²) >= 11 is 0. The largest absolute Gasteiger partial charge is 0.456 e. The normalized spacial score (nSPS) is 11.8. The van der Waals surface area contributed by atoms with E-state index < -0.39 is 0 Å². The van der Waals surface area contributed by atoms with E-state index in [1.54, 1.807) is 0 Å². The maximum Gasteiger partial charge on any atom is 0.159 e. The molecule has 0 aliphatic rings. The average Bonchev–Trinajstić information content (AvgIpc) is 4.07. The molecule has 0 aliphatic carbocycles. The Morgan fingerprint density at radius 3 is 1.62 bits per heavy atom. The van der Waals surface area contributed by atoms with Gasteiger partial charge in [-0.05, 0) is 106 Å². The van der Waals surface area contributed by atoms with Crippen LogP contribution in [0.4, 0.5) is 17.1 Å². The van der Waals surface area contributed by atoms with Gasteiger partial charge < -0.3 is 18.2 Å². The first-order valence-electron chi connectivity index (χ1n) is 21.7. The number of para-hydroxylation sites is 2. The quantitative estimate of drug-likeness (QED) is 0.161. The van der Waals surface area contributed by atoms with Crippen LogP contribution in [0.5, 0.6) is 0 Å². The maximum atomic E-state index is 7.06. The third kappa shape index (κ3) is 5.77. The number of hydrogen-bond donors (Lipinski definition) is 0. The van der Waals surface area contributed by atoms with Crippen LogP contribution in [0, 0.1) is 0 Å². The SMILES string of the molecule is c1ccc(-c2ccc3c(c2)oc2c(-c4ccccc4)ccc(N(c4ccc5oc6cc(-c7ccccc7)cc(-c7ccccc7)c6c5c4)c4cccc5c4oc4ccccc45)c23)cc1. The summed E-state index contributed by atoms with van der Waals surface area (Å²) < 4.78 is 20.7. The zero-order valence-electron chi connectivity index (χ0n) is 34.5. The molecule has 0 amide bonds. The van der Waals surface area contributed by atoms with E-state index in [1.165, 1.54) is 0 Å². The summed E-state index contributed by atoms with van der Waals surface area (Å²) in [5.74, 6) is 0. The minimum absolute atomic E-state index is 0.803. The van der Waals surface area contributed by atoms with Crippen LogP contribution in [0.1, 0.15) is 0 Å². The van der Waals surface area contributed by atoms with E-state index in [2.05, 4.69) is 211 Å². The van der Waals surface area contributed by atoms with E-state index in [9.17, 15) is 0 Å². The topological polar surface area (TPSA) is 42.7 Å². The molecular formula is C60H37NO3. The van der Waals surface area contributed by atoms with E-state index in [4.69, 9.17) is 13.3 Å². The summed E-state index contributed by atoms with van der Waals surface area (Å²) in [5, 5.41) is 6.25. The van der Waals surface area contributed by atoms with E-state index in [0.717, 1.165) is 127 Å². The fourth-order valence-electron chi connectivity index (χ4n) is 9.70. The molecule has 0 unspecified atom stereocenters. The van der Waals surface area contributed by atoms with Gasteiger partial charge in [0, 0.05) is 38.2 Å². The second-order valence-electron chi connectivity index (χ2n) is 16.4. The zero-order chi connectivity index (χ0) is 42.1. The lowest BCUT2D eigenvalue weighted by Crippen LogP contribution is -2.10. The van der Waals surface area contributed by atoms with Crippen molar-refractivity contribution in [1.82, 2.24) is 0 Å². The molecule has 3 aromatic heterocycles. The van der Waals surface area contributed by atoms with Crippen molar-refractivity contribution in [3.05, 3.63) is 224 Å². The molecule has 10 aromatic carbocycles. The van der Waals surface area contributed by atoms with Gasteiger partial charge in [-0.1, -0.05) is 158 Å². The lowest BCUT2D eigenvalue weighted by atomic mass is 9.94. The summed E-state index contributed by atoms with van der Waals surface area (Å²) in [6.07, 6.45) is 0. The lowest BCUT2D eigenvalue weighted by molar-refractivity contribution is 0.668. The second-order valence-corrected chi connectivity index (χ2v) is 16.4. The fraction of sp³-hybridized carbons (Fsp3) is 0. The smallest absolute Gasteiger partial charge is 0.159 e. The Kier molecular flexibility index (Phi) is 8.18. The minimum atomic E-state index is 0.803. The van der Waals surface area contributed by atoms with Gasteiger partial charge in [0.2, 0.25) is 0 Å². The van der Waals surface area contributed by atoms with Crippen LogP contribution in [0.3, 0.4) is 0 Å². The Labute approximate surface area is 368 Å². The molecule has 300 valence electrons. The Bertz CT molecular complexity index is 3880. The number of fused-ring (bicyclic) bond motifs is 9. The Hall–Kier alpha value is -8.60. The molecule has 0 saturated carbocycles. The predicted molar refractivity (Wildman–Crippen MR) is 265 cm³/mol. The molecule has 0 saturated heterocycles. The van der Waals surface area contributed by atoms with Gasteiger partial charge in [0.05, 0.1) is 16.8 Å². The molecule has 3 heterocycles. The maximum absolute atomic E-state index is 7.06. The van der Waals surface area contributed by atoms with Crippen molar-refractivity contribution >= 4 is 82.9 Å². The van der Waals surface area contributed by atoms with Crippen LogP contribution in [0.15, 0.2) is 238 Å². The first-order chi connectivity index (χ1) is 31.7. The molecule has 0 spiro atoms. The van der Waals surface area contributed by atoms with E-state index in [1.807, 2.05) is 18.2 Å². The van der Waals surface area contributed by atoms with Gasteiger partial charge in [0.15, 0.2) is 5.58 Å². The van der Waals surface area contributed by atoms with Crippen molar-refractivity contribution in [2.24, 2.45) is 0 Å². The van der Waals surface area contributed by atoms with Gasteiger partial charge in [0.1, 0.15) is 27.9 Å². The first kappa shape index (κ1) is 36.1. The van der Waals surface area contributed by atoms with E-state index in [-0.39, 0.29) is 0 Å². The van der Waals surface area contributed by atoms with Crippen LogP contribution < -0.4 is 4.90 Å². The highest BCUT2D eigenvalue weighted by Gasteiger charge is 2.26. The first-order valence-corrected chi connectivity index (χ1v) is 21.7. The highest BCUT2D eigenvalue weighted by molar-refractivity contribution is 6.20. The molecule has 0 aliphatic heterocycles. The van der Waals surface area contributed by atoms with Crippen molar-refractivity contribution in [1.29, 1.82) is 0 Å². The number of benzene rings is 10. The zero-order valence-corrected chi connectivity index (χ0v) is 34.5. The molecule has 0 bridgehead atoms. The van der Waals surface area contributed by atoms with Gasteiger partial charge in [-0.25, -0.2) is 0 Å². The monoisotopic (exact) mass is 819 g/mol. The highest BCUT2D eigenvalue weighted by atomic mass is 16.3.